The van der Waals surface area contributed by atoms with Crippen molar-refractivity contribution in [1.29, 1.82) is 0 Å². The molecule has 8 heteroatoms. The van der Waals surface area contributed by atoms with E-state index in [0.29, 0.717) is 4.47 Å². The number of carbonyl (C=O) groups excluding carboxylic acids is 3. The van der Waals surface area contributed by atoms with Crippen LogP contribution in [0.4, 0.5) is 0 Å². The van der Waals surface area contributed by atoms with Gasteiger partial charge in [0.25, 0.3) is 5.91 Å². The third-order valence-electron chi connectivity index (χ3n) is 2.56. The number of nitrogens with zero attached hydrogens (tertiary/aromatic N) is 1. The van der Waals surface area contributed by atoms with E-state index in [2.05, 4.69) is 21.2 Å². The highest BCUT2D eigenvalue weighted by Gasteiger charge is 2.17. The maximum absolute atomic E-state index is 11.8. The fourth-order valence-corrected chi connectivity index (χ4v) is 1.91. The molecule has 21 heavy (non-hydrogen) atoms. The van der Waals surface area contributed by atoms with Crippen LogP contribution in [0, 0.1) is 0 Å². The third-order valence-corrected chi connectivity index (χ3v) is 3.38. The number of hydrogen-bond donors (Lipinski definition) is 1. The summed E-state index contributed by atoms with van der Waals surface area (Å²) in [5, 5.41) is 2.62. The van der Waals surface area contributed by atoms with Crippen molar-refractivity contribution in [1.82, 2.24) is 10.2 Å². The van der Waals surface area contributed by atoms with Gasteiger partial charge in [0, 0.05) is 18.6 Å². The first-order valence-corrected chi connectivity index (χ1v) is 7.09. The van der Waals surface area contributed by atoms with Crippen LogP contribution in [0.3, 0.4) is 0 Å². The van der Waals surface area contributed by atoms with E-state index in [1.54, 1.807) is 12.1 Å². The lowest BCUT2D eigenvalue weighted by molar-refractivity contribution is -0.137. The number of hydrogen-bond acceptors (Lipinski definition) is 4. The highest BCUT2D eigenvalue weighted by molar-refractivity contribution is 9.10. The molecule has 1 rings (SSSR count). The van der Waals surface area contributed by atoms with Crippen molar-refractivity contribution in [3.8, 4) is 0 Å². The molecule has 0 aliphatic carbocycles. The number of benzene rings is 1. The van der Waals surface area contributed by atoms with Crippen LogP contribution in [0.5, 0.6) is 0 Å². The van der Waals surface area contributed by atoms with E-state index >= 15 is 0 Å². The molecular formula is C13H14BrClN2O4. The van der Waals surface area contributed by atoms with Gasteiger partial charge in [0.2, 0.25) is 5.91 Å². The van der Waals surface area contributed by atoms with E-state index < -0.39 is 18.5 Å². The first-order chi connectivity index (χ1) is 9.85. The highest BCUT2D eigenvalue weighted by atomic mass is 79.9. The van der Waals surface area contributed by atoms with Gasteiger partial charge in [-0.25, -0.2) is 4.79 Å². The van der Waals surface area contributed by atoms with Crippen molar-refractivity contribution >= 4 is 45.3 Å². The van der Waals surface area contributed by atoms with Crippen molar-refractivity contribution in [3.63, 3.8) is 0 Å². The first kappa shape index (κ1) is 17.5. The minimum Gasteiger partial charge on any atom is -0.452 e. The minimum absolute atomic E-state index is 0.107. The summed E-state index contributed by atoms with van der Waals surface area (Å²) in [6.45, 7) is -0.570. The Kier molecular flexibility index (Phi) is 6.64. The molecule has 0 aliphatic heterocycles. The summed E-state index contributed by atoms with van der Waals surface area (Å²) in [5.74, 6) is -1.51. The van der Waals surface area contributed by atoms with Crippen LogP contribution in [0.15, 0.2) is 22.7 Å². The fourth-order valence-electron chi connectivity index (χ4n) is 1.35. The molecule has 0 atom stereocenters. The van der Waals surface area contributed by atoms with Crippen molar-refractivity contribution in [2.45, 2.75) is 0 Å². The molecule has 1 aromatic carbocycles. The molecule has 0 bridgehead atoms. The molecule has 0 aromatic heterocycles. The lowest BCUT2D eigenvalue weighted by Crippen LogP contribution is -2.39. The molecule has 114 valence electrons. The third kappa shape index (κ3) is 5.35. The number of rotatable bonds is 5. The van der Waals surface area contributed by atoms with E-state index in [4.69, 9.17) is 16.3 Å². The molecule has 0 radical (unpaired) electrons. The Balaban J connectivity index is 2.58. The topological polar surface area (TPSA) is 75.7 Å². The van der Waals surface area contributed by atoms with Crippen LogP contribution < -0.4 is 5.32 Å². The summed E-state index contributed by atoms with van der Waals surface area (Å²) in [6.07, 6.45) is 0. The molecule has 0 heterocycles. The van der Waals surface area contributed by atoms with Gasteiger partial charge in [-0.3, -0.25) is 9.59 Å². The number of esters is 1. The molecule has 0 fully saturated rings. The fraction of sp³-hybridized carbons (Fsp3) is 0.308. The van der Waals surface area contributed by atoms with Gasteiger partial charge >= 0.3 is 5.97 Å². The molecular weight excluding hydrogens is 364 g/mol. The van der Waals surface area contributed by atoms with Crippen LogP contribution in [0.1, 0.15) is 10.4 Å². The molecule has 0 saturated heterocycles. The Morgan fingerprint density at radius 1 is 1.38 bits per heavy atom. The van der Waals surface area contributed by atoms with Gasteiger partial charge in [0.05, 0.1) is 17.1 Å². The lowest BCUT2D eigenvalue weighted by Gasteiger charge is -2.16. The lowest BCUT2D eigenvalue weighted by atomic mass is 10.2. The zero-order chi connectivity index (χ0) is 16.0. The Hall–Kier alpha value is -1.60. The van der Waals surface area contributed by atoms with E-state index in [1.807, 2.05) is 0 Å². The van der Waals surface area contributed by atoms with Crippen molar-refractivity contribution < 1.29 is 19.1 Å². The zero-order valence-electron chi connectivity index (χ0n) is 11.5. The maximum atomic E-state index is 11.8. The predicted octanol–water partition coefficient (Wildman–Crippen LogP) is 1.46. The molecule has 0 spiro atoms. The average Bonchev–Trinajstić information content (AvgIpc) is 2.46. The average molecular weight is 378 g/mol. The van der Waals surface area contributed by atoms with E-state index in [0.717, 1.165) is 4.90 Å². The number of halogens is 2. The molecule has 0 aliphatic rings. The summed E-state index contributed by atoms with van der Waals surface area (Å²) in [4.78, 5) is 35.8. The van der Waals surface area contributed by atoms with Crippen molar-refractivity contribution in [3.05, 3.63) is 33.3 Å². The van der Waals surface area contributed by atoms with Gasteiger partial charge < -0.3 is 15.0 Å². The monoisotopic (exact) mass is 376 g/mol. The van der Waals surface area contributed by atoms with E-state index in [1.165, 1.54) is 20.2 Å². The van der Waals surface area contributed by atoms with Crippen LogP contribution in [-0.2, 0) is 14.3 Å². The number of carbonyl (C=O) groups is 3. The normalized spacial score (nSPS) is 9.90. The van der Waals surface area contributed by atoms with E-state index in [9.17, 15) is 14.4 Å². The maximum Gasteiger partial charge on any atom is 0.340 e. The van der Waals surface area contributed by atoms with Crippen LogP contribution in [0.25, 0.3) is 0 Å². The zero-order valence-corrected chi connectivity index (χ0v) is 13.8. The minimum atomic E-state index is -0.706. The first-order valence-electron chi connectivity index (χ1n) is 5.92. The smallest absolute Gasteiger partial charge is 0.340 e. The summed E-state index contributed by atoms with van der Waals surface area (Å²) in [5.41, 5.74) is 0.160. The molecule has 0 unspecified atom stereocenters. The highest BCUT2D eigenvalue weighted by Crippen LogP contribution is 2.21. The van der Waals surface area contributed by atoms with Crippen molar-refractivity contribution in [2.24, 2.45) is 0 Å². The summed E-state index contributed by atoms with van der Waals surface area (Å²) >= 11 is 9.10. The second-order valence-electron chi connectivity index (χ2n) is 4.12. The molecule has 1 aromatic rings. The second-order valence-corrected chi connectivity index (χ2v) is 5.45. The largest absolute Gasteiger partial charge is 0.452 e. The number of ether oxygens (including phenoxy) is 1. The van der Waals surface area contributed by atoms with Gasteiger partial charge in [-0.1, -0.05) is 27.5 Å². The van der Waals surface area contributed by atoms with Gasteiger partial charge in [0.1, 0.15) is 0 Å². The Morgan fingerprint density at radius 3 is 2.67 bits per heavy atom. The Labute approximate surface area is 135 Å². The van der Waals surface area contributed by atoms with Crippen LogP contribution in [-0.4, -0.2) is 49.9 Å². The Morgan fingerprint density at radius 2 is 2.05 bits per heavy atom. The Bertz CT molecular complexity index is 565. The van der Waals surface area contributed by atoms with Crippen molar-refractivity contribution in [2.75, 3.05) is 27.2 Å². The summed E-state index contributed by atoms with van der Waals surface area (Å²) in [7, 11) is 2.91. The SMILES string of the molecule is CNC(=O)CN(C)C(=O)COC(=O)c1cc(Br)ccc1Cl. The quantitative estimate of drug-likeness (QED) is 0.788. The number of likely N-dealkylation sites (N-methyl/N-ethyl adjacent to an activating group) is 2. The van der Waals surface area contributed by atoms with Crippen LogP contribution in [0.2, 0.25) is 5.02 Å². The van der Waals surface area contributed by atoms with Gasteiger partial charge in [0.15, 0.2) is 6.61 Å². The van der Waals surface area contributed by atoms with Crippen LogP contribution >= 0.6 is 27.5 Å². The molecule has 6 nitrogen and oxygen atoms in total. The predicted molar refractivity (Wildman–Crippen MR) is 81.1 cm³/mol. The summed E-state index contributed by atoms with van der Waals surface area (Å²) in [6, 6.07) is 4.73. The number of nitrogens with one attached hydrogen (secondary N) is 1. The second kappa shape index (κ2) is 7.99. The van der Waals surface area contributed by atoms with Gasteiger partial charge in [-0.2, -0.15) is 0 Å². The standard InChI is InChI=1S/C13H14BrClN2O4/c1-16-11(18)6-17(2)12(19)7-21-13(20)9-5-8(14)3-4-10(9)15/h3-5H,6-7H2,1-2H3,(H,16,18). The van der Waals surface area contributed by atoms with E-state index in [-0.39, 0.29) is 23.0 Å². The number of amides is 2. The summed E-state index contributed by atoms with van der Waals surface area (Å²) < 4.78 is 5.56. The van der Waals surface area contributed by atoms with Gasteiger partial charge in [-0.05, 0) is 18.2 Å². The van der Waals surface area contributed by atoms with Gasteiger partial charge in [-0.15, -0.1) is 0 Å². The molecule has 0 saturated carbocycles. The molecule has 1 N–H and O–H groups in total. The molecule has 2 amide bonds.